The Balaban J connectivity index is 2.91. The lowest BCUT2D eigenvalue weighted by Crippen LogP contribution is -2.31. The van der Waals surface area contributed by atoms with Gasteiger partial charge in [-0.05, 0) is 19.8 Å². The molecular formula is C12H24N4O. The quantitative estimate of drug-likeness (QED) is 0.796. The minimum Gasteiger partial charge on any atom is -0.394 e. The Labute approximate surface area is 103 Å². The SMILES string of the molecule is CCn1nc(C)c(N)c1NC(COC)C(C)C. The van der Waals surface area contributed by atoms with Gasteiger partial charge >= 0.3 is 0 Å². The second kappa shape index (κ2) is 5.91. The Morgan fingerprint density at radius 2 is 2.12 bits per heavy atom. The molecule has 0 spiro atoms. The molecule has 0 aliphatic carbocycles. The van der Waals surface area contributed by atoms with Crippen LogP contribution in [0.3, 0.4) is 0 Å². The summed E-state index contributed by atoms with van der Waals surface area (Å²) in [5.74, 6) is 1.37. The number of methoxy groups -OCH3 is 1. The van der Waals surface area contributed by atoms with Crippen molar-refractivity contribution in [3.63, 3.8) is 0 Å². The fourth-order valence-electron chi connectivity index (χ4n) is 1.73. The molecule has 5 nitrogen and oxygen atoms in total. The van der Waals surface area contributed by atoms with E-state index >= 15 is 0 Å². The highest BCUT2D eigenvalue weighted by Gasteiger charge is 2.18. The van der Waals surface area contributed by atoms with Crippen LogP contribution in [-0.2, 0) is 11.3 Å². The Morgan fingerprint density at radius 1 is 1.47 bits per heavy atom. The molecule has 1 unspecified atom stereocenters. The molecule has 5 heteroatoms. The minimum atomic E-state index is 0.240. The third kappa shape index (κ3) is 3.12. The molecule has 0 aliphatic heterocycles. The van der Waals surface area contributed by atoms with E-state index in [0.717, 1.165) is 23.7 Å². The fraction of sp³-hybridized carbons (Fsp3) is 0.750. The van der Waals surface area contributed by atoms with Crippen molar-refractivity contribution in [3.8, 4) is 0 Å². The van der Waals surface area contributed by atoms with Gasteiger partial charge in [-0.3, -0.25) is 0 Å². The number of anilines is 2. The third-order valence-electron chi connectivity index (χ3n) is 2.95. The average molecular weight is 240 g/mol. The van der Waals surface area contributed by atoms with E-state index in [1.165, 1.54) is 0 Å². The summed E-state index contributed by atoms with van der Waals surface area (Å²) in [6, 6.07) is 0.240. The number of rotatable bonds is 6. The van der Waals surface area contributed by atoms with Crippen LogP contribution in [0.2, 0.25) is 0 Å². The maximum absolute atomic E-state index is 6.04. The van der Waals surface area contributed by atoms with Crippen LogP contribution in [0.15, 0.2) is 0 Å². The molecule has 0 aliphatic rings. The first-order valence-corrected chi connectivity index (χ1v) is 6.09. The van der Waals surface area contributed by atoms with Crippen molar-refractivity contribution < 1.29 is 4.74 Å². The highest BCUT2D eigenvalue weighted by Crippen LogP contribution is 2.24. The van der Waals surface area contributed by atoms with Gasteiger partial charge in [-0.1, -0.05) is 13.8 Å². The molecule has 98 valence electrons. The van der Waals surface area contributed by atoms with Crippen LogP contribution in [0, 0.1) is 12.8 Å². The van der Waals surface area contributed by atoms with E-state index < -0.39 is 0 Å². The molecule has 1 atom stereocenters. The van der Waals surface area contributed by atoms with Crippen molar-refractivity contribution in [1.29, 1.82) is 0 Å². The molecule has 1 rings (SSSR count). The maximum atomic E-state index is 6.04. The Bertz CT molecular complexity index is 360. The van der Waals surface area contributed by atoms with E-state index in [0.29, 0.717) is 12.5 Å². The summed E-state index contributed by atoms with van der Waals surface area (Å²) in [7, 11) is 1.71. The van der Waals surface area contributed by atoms with E-state index in [1.807, 2.05) is 11.6 Å². The first-order chi connectivity index (χ1) is 8.01. The van der Waals surface area contributed by atoms with Crippen LogP contribution < -0.4 is 11.1 Å². The number of nitrogens with one attached hydrogen (secondary N) is 1. The normalized spacial score (nSPS) is 13.1. The third-order valence-corrected chi connectivity index (χ3v) is 2.95. The number of nitrogens with zero attached hydrogens (tertiary/aromatic N) is 2. The number of nitrogens with two attached hydrogens (primary N) is 1. The van der Waals surface area contributed by atoms with Crippen LogP contribution in [0.1, 0.15) is 26.5 Å². The fourth-order valence-corrected chi connectivity index (χ4v) is 1.73. The molecule has 0 amide bonds. The van der Waals surface area contributed by atoms with E-state index in [2.05, 4.69) is 31.2 Å². The molecule has 1 heterocycles. The smallest absolute Gasteiger partial charge is 0.148 e. The summed E-state index contributed by atoms with van der Waals surface area (Å²) in [5.41, 5.74) is 7.64. The lowest BCUT2D eigenvalue weighted by molar-refractivity contribution is 0.171. The van der Waals surface area contributed by atoms with Crippen molar-refractivity contribution in [1.82, 2.24) is 9.78 Å². The van der Waals surface area contributed by atoms with Crippen LogP contribution in [0.25, 0.3) is 0 Å². The zero-order valence-electron chi connectivity index (χ0n) is 11.4. The predicted octanol–water partition coefficient (Wildman–Crippen LogP) is 1.88. The summed E-state index contributed by atoms with van der Waals surface area (Å²) < 4.78 is 7.12. The topological polar surface area (TPSA) is 65.1 Å². The van der Waals surface area contributed by atoms with Crippen molar-refractivity contribution in [2.24, 2.45) is 5.92 Å². The zero-order chi connectivity index (χ0) is 13.0. The van der Waals surface area contributed by atoms with Gasteiger partial charge in [0.2, 0.25) is 0 Å². The summed E-state index contributed by atoms with van der Waals surface area (Å²) in [4.78, 5) is 0. The first kappa shape index (κ1) is 13.8. The van der Waals surface area contributed by atoms with E-state index in [4.69, 9.17) is 10.5 Å². The molecule has 17 heavy (non-hydrogen) atoms. The van der Waals surface area contributed by atoms with Gasteiger partial charge in [0.15, 0.2) is 0 Å². The minimum absolute atomic E-state index is 0.240. The summed E-state index contributed by atoms with van der Waals surface area (Å²) >= 11 is 0. The highest BCUT2D eigenvalue weighted by molar-refractivity contribution is 5.65. The van der Waals surface area contributed by atoms with Gasteiger partial charge < -0.3 is 15.8 Å². The number of aryl methyl sites for hydroxylation is 2. The Morgan fingerprint density at radius 3 is 2.59 bits per heavy atom. The van der Waals surface area contributed by atoms with Gasteiger partial charge in [0.1, 0.15) is 5.82 Å². The summed E-state index contributed by atoms with van der Waals surface area (Å²) in [6.45, 7) is 9.76. The first-order valence-electron chi connectivity index (χ1n) is 6.09. The number of hydrogen-bond acceptors (Lipinski definition) is 4. The Kier molecular flexibility index (Phi) is 4.81. The molecule has 0 saturated heterocycles. The van der Waals surface area contributed by atoms with E-state index in [1.54, 1.807) is 7.11 Å². The largest absolute Gasteiger partial charge is 0.394 e. The average Bonchev–Trinajstić information content (AvgIpc) is 2.55. The van der Waals surface area contributed by atoms with Gasteiger partial charge in [0.25, 0.3) is 0 Å². The number of nitrogen functional groups attached to an aromatic ring is 1. The van der Waals surface area contributed by atoms with E-state index in [9.17, 15) is 0 Å². The molecule has 1 aromatic rings. The van der Waals surface area contributed by atoms with Crippen LogP contribution in [0.5, 0.6) is 0 Å². The second-order valence-corrected chi connectivity index (χ2v) is 4.61. The Hall–Kier alpha value is -1.23. The highest BCUT2D eigenvalue weighted by atomic mass is 16.5. The van der Waals surface area contributed by atoms with Gasteiger partial charge in [0.05, 0.1) is 24.0 Å². The molecule has 3 N–H and O–H groups in total. The molecule has 1 aromatic heterocycles. The molecule has 0 radical (unpaired) electrons. The lowest BCUT2D eigenvalue weighted by atomic mass is 10.1. The van der Waals surface area contributed by atoms with Crippen molar-refractivity contribution in [2.45, 2.75) is 40.3 Å². The molecule has 0 bridgehead atoms. The molecule has 0 aromatic carbocycles. The van der Waals surface area contributed by atoms with Crippen molar-refractivity contribution in [2.75, 3.05) is 24.8 Å². The maximum Gasteiger partial charge on any atom is 0.148 e. The second-order valence-electron chi connectivity index (χ2n) is 4.61. The molecular weight excluding hydrogens is 216 g/mol. The molecule has 0 saturated carbocycles. The van der Waals surface area contributed by atoms with Crippen LogP contribution in [-0.4, -0.2) is 29.5 Å². The number of hydrogen-bond donors (Lipinski definition) is 2. The number of ether oxygens (including phenoxy) is 1. The predicted molar refractivity (Wildman–Crippen MR) is 71.2 cm³/mol. The van der Waals surface area contributed by atoms with Crippen molar-refractivity contribution in [3.05, 3.63) is 5.69 Å². The lowest BCUT2D eigenvalue weighted by Gasteiger charge is -2.23. The molecule has 0 fully saturated rings. The van der Waals surface area contributed by atoms with Gasteiger partial charge in [-0.25, -0.2) is 4.68 Å². The zero-order valence-corrected chi connectivity index (χ0v) is 11.4. The van der Waals surface area contributed by atoms with Crippen LogP contribution >= 0.6 is 0 Å². The van der Waals surface area contributed by atoms with Gasteiger partial charge in [0, 0.05) is 13.7 Å². The van der Waals surface area contributed by atoms with Crippen molar-refractivity contribution >= 4 is 11.5 Å². The standard InChI is InChI=1S/C12H24N4O/c1-6-16-12(11(13)9(4)15-16)14-10(7-17-5)8(2)3/h8,10,14H,6-7,13H2,1-5H3. The summed E-state index contributed by atoms with van der Waals surface area (Å²) in [5, 5.41) is 7.83. The van der Waals surface area contributed by atoms with E-state index in [-0.39, 0.29) is 6.04 Å². The van der Waals surface area contributed by atoms with Gasteiger partial charge in [-0.2, -0.15) is 5.10 Å². The van der Waals surface area contributed by atoms with Gasteiger partial charge in [-0.15, -0.1) is 0 Å². The van der Waals surface area contributed by atoms with Crippen LogP contribution in [0.4, 0.5) is 11.5 Å². The number of aromatic nitrogens is 2. The monoisotopic (exact) mass is 240 g/mol. The summed E-state index contributed by atoms with van der Waals surface area (Å²) in [6.07, 6.45) is 0.